The first-order valence-corrected chi connectivity index (χ1v) is 14.0. The summed E-state index contributed by atoms with van der Waals surface area (Å²) in [5.74, 6) is 0. The van der Waals surface area contributed by atoms with E-state index in [0.29, 0.717) is 26.3 Å². The molecule has 0 aromatic heterocycles. The molecule has 1 aromatic carbocycles. The van der Waals surface area contributed by atoms with Gasteiger partial charge in [0, 0.05) is 13.1 Å². The Balaban J connectivity index is 1.74. The van der Waals surface area contributed by atoms with Crippen LogP contribution in [0.1, 0.15) is 65.5 Å². The van der Waals surface area contributed by atoms with Crippen LogP contribution in [-0.4, -0.2) is 44.1 Å². The summed E-state index contributed by atoms with van der Waals surface area (Å²) in [4.78, 5) is 13.9. The molecule has 0 bridgehead atoms. The van der Waals surface area contributed by atoms with Gasteiger partial charge in [-0.1, -0.05) is 45.0 Å². The molecule has 30 heavy (non-hydrogen) atoms. The summed E-state index contributed by atoms with van der Waals surface area (Å²) in [7, 11) is -1.73. The van der Waals surface area contributed by atoms with E-state index in [9.17, 15) is 4.79 Å². The smallest absolute Gasteiger partial charge is 0.410 e. The maximum Gasteiger partial charge on any atom is 0.410 e. The molecule has 1 amide bonds. The maximum atomic E-state index is 12.2. The molecule has 6 heteroatoms. The Morgan fingerprint density at radius 2 is 1.47 bits per heavy atom. The Bertz CT molecular complexity index is 681. The highest BCUT2D eigenvalue weighted by atomic mass is 28.4. The molecule has 0 unspecified atom stereocenters. The van der Waals surface area contributed by atoms with E-state index in [0.717, 1.165) is 12.8 Å². The predicted octanol–water partition coefficient (Wildman–Crippen LogP) is 6.12. The Kier molecular flexibility index (Phi) is 8.16. The third kappa shape index (κ3) is 7.71. The van der Waals surface area contributed by atoms with Crippen LogP contribution < -0.4 is 0 Å². The average Bonchev–Trinajstić information content (AvgIpc) is 2.64. The second-order valence-corrected chi connectivity index (χ2v) is 15.7. The summed E-state index contributed by atoms with van der Waals surface area (Å²) in [6.45, 7) is 19.7. The van der Waals surface area contributed by atoms with E-state index in [2.05, 4.69) is 58.1 Å². The van der Waals surface area contributed by atoms with Gasteiger partial charge in [-0.2, -0.15) is 0 Å². The first kappa shape index (κ1) is 24.9. The summed E-state index contributed by atoms with van der Waals surface area (Å²) in [6, 6.07) is 8.52. The van der Waals surface area contributed by atoms with Gasteiger partial charge in [0.05, 0.1) is 19.3 Å². The zero-order valence-corrected chi connectivity index (χ0v) is 21.2. The van der Waals surface area contributed by atoms with Crippen molar-refractivity contribution in [2.45, 2.75) is 97.4 Å². The summed E-state index contributed by atoms with van der Waals surface area (Å²) in [5.41, 5.74) is 1.92. The monoisotopic (exact) mass is 435 g/mol. The number of hydrogen-bond donors (Lipinski definition) is 0. The average molecular weight is 436 g/mol. The second kappa shape index (κ2) is 9.84. The molecule has 5 nitrogen and oxygen atoms in total. The lowest BCUT2D eigenvalue weighted by Crippen LogP contribution is -2.43. The van der Waals surface area contributed by atoms with Crippen LogP contribution in [-0.2, 0) is 27.1 Å². The van der Waals surface area contributed by atoms with Crippen molar-refractivity contribution in [1.82, 2.24) is 4.90 Å². The minimum Gasteiger partial charge on any atom is -0.444 e. The normalized spacial score (nSPS) is 16.6. The molecule has 1 aliphatic rings. The molecule has 2 rings (SSSR count). The van der Waals surface area contributed by atoms with Crippen molar-refractivity contribution < 1.29 is 18.7 Å². The van der Waals surface area contributed by atoms with E-state index < -0.39 is 13.9 Å². The lowest BCUT2D eigenvalue weighted by atomic mass is 10.1. The van der Waals surface area contributed by atoms with Gasteiger partial charge >= 0.3 is 6.09 Å². The summed E-state index contributed by atoms with van der Waals surface area (Å²) in [6.07, 6.45) is 1.65. The molecule has 0 aliphatic carbocycles. The highest BCUT2D eigenvalue weighted by Gasteiger charge is 2.37. The van der Waals surface area contributed by atoms with E-state index in [1.54, 1.807) is 4.90 Å². The van der Waals surface area contributed by atoms with Crippen LogP contribution in [0, 0.1) is 0 Å². The number of nitrogens with zero attached hydrogens (tertiary/aromatic N) is 1. The Labute approximate surface area is 184 Å². The Hall–Kier alpha value is -1.37. The van der Waals surface area contributed by atoms with Crippen molar-refractivity contribution in [3.63, 3.8) is 0 Å². The van der Waals surface area contributed by atoms with Crippen molar-refractivity contribution in [1.29, 1.82) is 0 Å². The number of hydrogen-bond acceptors (Lipinski definition) is 4. The lowest BCUT2D eigenvalue weighted by Gasteiger charge is -2.36. The fraction of sp³-hybridized carbons (Fsp3) is 0.708. The molecule has 0 atom stereocenters. The van der Waals surface area contributed by atoms with Crippen LogP contribution in [0.2, 0.25) is 18.1 Å². The second-order valence-electron chi connectivity index (χ2n) is 10.8. The summed E-state index contributed by atoms with van der Waals surface area (Å²) in [5, 5.41) is 0.222. The summed E-state index contributed by atoms with van der Waals surface area (Å²) < 4.78 is 17.8. The molecule has 0 spiro atoms. The zero-order chi connectivity index (χ0) is 22.6. The highest BCUT2D eigenvalue weighted by Crippen LogP contribution is 2.37. The number of carbonyl (C=O) groups excluding carboxylic acids is 1. The van der Waals surface area contributed by atoms with Gasteiger partial charge in [-0.15, -0.1) is 0 Å². The topological polar surface area (TPSA) is 48.0 Å². The fourth-order valence-electron chi connectivity index (χ4n) is 2.96. The van der Waals surface area contributed by atoms with Gasteiger partial charge in [-0.05, 0) is 62.9 Å². The Morgan fingerprint density at radius 3 is 1.93 bits per heavy atom. The largest absolute Gasteiger partial charge is 0.444 e. The number of benzene rings is 1. The van der Waals surface area contributed by atoms with Gasteiger partial charge in [-0.3, -0.25) is 0 Å². The van der Waals surface area contributed by atoms with E-state index in [-0.39, 0.29) is 17.2 Å². The number of piperidine rings is 1. The molecule has 1 aromatic rings. The zero-order valence-electron chi connectivity index (χ0n) is 20.2. The number of rotatable bonds is 6. The maximum absolute atomic E-state index is 12.2. The third-order valence-corrected chi connectivity index (χ3v) is 10.5. The molecule has 0 radical (unpaired) electrons. The first-order chi connectivity index (χ1) is 13.8. The molecule has 1 fully saturated rings. The molecule has 170 valence electrons. The number of ether oxygens (including phenoxy) is 2. The minimum absolute atomic E-state index is 0.185. The van der Waals surface area contributed by atoms with Crippen LogP contribution in [0.4, 0.5) is 4.79 Å². The molecule has 0 saturated carbocycles. The molecule has 1 heterocycles. The van der Waals surface area contributed by atoms with Gasteiger partial charge in [0.1, 0.15) is 5.60 Å². The first-order valence-electron chi connectivity index (χ1n) is 11.1. The van der Waals surface area contributed by atoms with Crippen molar-refractivity contribution in [2.75, 3.05) is 13.1 Å². The van der Waals surface area contributed by atoms with Gasteiger partial charge in [0.2, 0.25) is 0 Å². The van der Waals surface area contributed by atoms with Crippen LogP contribution in [0.25, 0.3) is 0 Å². The third-order valence-electron chi connectivity index (χ3n) is 6.01. The van der Waals surface area contributed by atoms with Gasteiger partial charge in [-0.25, -0.2) is 4.79 Å². The van der Waals surface area contributed by atoms with Crippen LogP contribution in [0.5, 0.6) is 0 Å². The fourth-order valence-corrected chi connectivity index (χ4v) is 3.92. The number of amides is 1. The quantitative estimate of drug-likeness (QED) is 0.505. The predicted molar refractivity (Wildman–Crippen MR) is 124 cm³/mol. The van der Waals surface area contributed by atoms with E-state index in [1.807, 2.05) is 20.8 Å². The number of likely N-dealkylation sites (tertiary alicyclic amines) is 1. The standard InChI is InChI=1S/C24H41NO4Si/c1-23(2,3)29-22(26)25-15-13-21(14-16-25)27-17-19-9-11-20(12-10-19)18-28-30(7,8)24(4,5)6/h9-12,21H,13-18H2,1-8H3. The molecular weight excluding hydrogens is 394 g/mol. The SMILES string of the molecule is CC(C)(C)OC(=O)N1CCC(OCc2ccc(CO[Si](C)(C)C(C)(C)C)cc2)CC1. The van der Waals surface area contributed by atoms with E-state index in [4.69, 9.17) is 13.9 Å². The molecule has 0 N–H and O–H groups in total. The van der Waals surface area contributed by atoms with Gasteiger partial charge in [0.25, 0.3) is 0 Å². The number of carbonyl (C=O) groups is 1. The minimum atomic E-state index is -1.73. The Morgan fingerprint density at radius 1 is 0.967 bits per heavy atom. The lowest BCUT2D eigenvalue weighted by molar-refractivity contribution is -0.0170. The van der Waals surface area contributed by atoms with Crippen LogP contribution in [0.15, 0.2) is 24.3 Å². The molecule has 1 saturated heterocycles. The van der Waals surface area contributed by atoms with Crippen LogP contribution in [0.3, 0.4) is 0 Å². The van der Waals surface area contributed by atoms with Crippen molar-refractivity contribution >= 4 is 14.4 Å². The van der Waals surface area contributed by atoms with E-state index in [1.165, 1.54) is 11.1 Å². The highest BCUT2D eigenvalue weighted by molar-refractivity contribution is 6.74. The van der Waals surface area contributed by atoms with Gasteiger partial charge in [0.15, 0.2) is 8.32 Å². The van der Waals surface area contributed by atoms with Crippen molar-refractivity contribution in [3.05, 3.63) is 35.4 Å². The van der Waals surface area contributed by atoms with Crippen molar-refractivity contribution in [3.8, 4) is 0 Å². The summed E-state index contributed by atoms with van der Waals surface area (Å²) >= 11 is 0. The molecule has 1 aliphatic heterocycles. The van der Waals surface area contributed by atoms with Crippen molar-refractivity contribution in [2.24, 2.45) is 0 Å². The van der Waals surface area contributed by atoms with Gasteiger partial charge < -0.3 is 18.8 Å². The van der Waals surface area contributed by atoms with Crippen LogP contribution >= 0.6 is 0 Å². The molecular formula is C24H41NO4Si. The van der Waals surface area contributed by atoms with E-state index >= 15 is 0 Å².